The van der Waals surface area contributed by atoms with E-state index in [9.17, 15) is 4.79 Å². The van der Waals surface area contributed by atoms with Gasteiger partial charge in [-0.3, -0.25) is 4.79 Å². The van der Waals surface area contributed by atoms with Crippen LogP contribution >= 0.6 is 0 Å². The molecular formula is C21H29N3O. The van der Waals surface area contributed by atoms with Crippen LogP contribution in [0, 0.1) is 11.8 Å². The molecular weight excluding hydrogens is 310 g/mol. The molecule has 2 unspecified atom stereocenters. The van der Waals surface area contributed by atoms with Crippen molar-refractivity contribution >= 4 is 11.7 Å². The van der Waals surface area contributed by atoms with Gasteiger partial charge < -0.3 is 10.2 Å². The van der Waals surface area contributed by atoms with Gasteiger partial charge in [0.15, 0.2) is 0 Å². The minimum absolute atomic E-state index is 0.283. The largest absolute Gasteiger partial charge is 0.366 e. The lowest BCUT2D eigenvalue weighted by molar-refractivity contribution is -0.128. The second kappa shape index (κ2) is 8.32. The number of hydrogen-bond donors (Lipinski definition) is 1. The van der Waals surface area contributed by atoms with E-state index in [-0.39, 0.29) is 5.91 Å². The predicted octanol–water partition coefficient (Wildman–Crippen LogP) is 4.16. The number of carbonyl (C=O) groups is 1. The average Bonchev–Trinajstić information content (AvgIpc) is 2.95. The number of hydrogen-bond acceptors (Lipinski definition) is 3. The molecule has 4 nitrogen and oxygen atoms in total. The highest BCUT2D eigenvalue weighted by Crippen LogP contribution is 2.24. The van der Waals surface area contributed by atoms with Crippen LogP contribution < -0.4 is 5.32 Å². The normalized spacial score (nSPS) is 23.0. The first kappa shape index (κ1) is 17.7. The van der Waals surface area contributed by atoms with E-state index >= 15 is 0 Å². The number of allylic oxidation sites excluding steroid dienone is 2. The van der Waals surface area contributed by atoms with E-state index in [2.05, 4.69) is 48.4 Å². The third-order valence-corrected chi connectivity index (χ3v) is 5.05. The molecule has 1 saturated heterocycles. The van der Waals surface area contributed by atoms with E-state index < -0.39 is 0 Å². The van der Waals surface area contributed by atoms with E-state index in [1.54, 1.807) is 0 Å². The Morgan fingerprint density at radius 3 is 2.92 bits per heavy atom. The van der Waals surface area contributed by atoms with Crippen molar-refractivity contribution in [3.05, 3.63) is 47.7 Å². The van der Waals surface area contributed by atoms with Gasteiger partial charge in [0.25, 0.3) is 0 Å². The highest BCUT2D eigenvalue weighted by molar-refractivity contribution is 5.78. The number of nitrogens with one attached hydrogen (secondary N) is 1. The molecule has 1 N–H and O–H groups in total. The van der Waals surface area contributed by atoms with Gasteiger partial charge in [0.05, 0.1) is 0 Å². The standard InChI is InChI=1S/C21H29N3O/c1-3-4-18-11-21(25)24(14-18)15-19-9-10-20(23-13-19)22-12-17-7-5-16(2)6-8-17/h5,7-10,13,16,18H,3-4,6,11-12,14-15H2,1-2H3,(H,22,23). The molecule has 0 spiro atoms. The van der Waals surface area contributed by atoms with Crippen LogP contribution in [0.2, 0.25) is 0 Å². The first-order chi connectivity index (χ1) is 12.1. The zero-order valence-corrected chi connectivity index (χ0v) is 15.4. The molecule has 134 valence electrons. The molecule has 2 aliphatic rings. The SMILES string of the molecule is CCCC1CC(=O)N(Cc2ccc(NCC3=CCC(C)C=C3)nc2)C1. The second-order valence-corrected chi connectivity index (χ2v) is 7.39. The van der Waals surface area contributed by atoms with Gasteiger partial charge >= 0.3 is 0 Å². The summed E-state index contributed by atoms with van der Waals surface area (Å²) >= 11 is 0. The minimum atomic E-state index is 0.283. The summed E-state index contributed by atoms with van der Waals surface area (Å²) in [4.78, 5) is 18.6. The Balaban J connectivity index is 1.49. The quantitative estimate of drug-likeness (QED) is 0.811. The molecule has 1 aliphatic carbocycles. The third-order valence-electron chi connectivity index (χ3n) is 5.05. The van der Waals surface area contributed by atoms with Crippen molar-refractivity contribution in [3.8, 4) is 0 Å². The molecule has 1 aromatic rings. The average molecular weight is 339 g/mol. The van der Waals surface area contributed by atoms with Crippen LogP contribution in [0.3, 0.4) is 0 Å². The Bertz CT molecular complexity index is 648. The van der Waals surface area contributed by atoms with Gasteiger partial charge in [-0.25, -0.2) is 4.98 Å². The molecule has 0 bridgehead atoms. The molecule has 2 atom stereocenters. The maximum atomic E-state index is 12.1. The zero-order valence-electron chi connectivity index (χ0n) is 15.4. The van der Waals surface area contributed by atoms with E-state index in [4.69, 9.17) is 0 Å². The number of amides is 1. The highest BCUT2D eigenvalue weighted by Gasteiger charge is 2.28. The monoisotopic (exact) mass is 339 g/mol. The summed E-state index contributed by atoms with van der Waals surface area (Å²) in [5.41, 5.74) is 2.41. The Morgan fingerprint density at radius 1 is 1.36 bits per heavy atom. The fourth-order valence-electron chi connectivity index (χ4n) is 3.55. The van der Waals surface area contributed by atoms with Crippen molar-refractivity contribution < 1.29 is 4.79 Å². The van der Waals surface area contributed by atoms with Gasteiger partial charge in [0, 0.05) is 32.3 Å². The number of carbonyl (C=O) groups excluding carboxylic acids is 1. The van der Waals surface area contributed by atoms with Crippen molar-refractivity contribution in [1.29, 1.82) is 0 Å². The maximum absolute atomic E-state index is 12.1. The molecule has 1 fully saturated rings. The van der Waals surface area contributed by atoms with Crippen LogP contribution in [0.4, 0.5) is 5.82 Å². The second-order valence-electron chi connectivity index (χ2n) is 7.39. The molecule has 1 aromatic heterocycles. The molecule has 0 aromatic carbocycles. The molecule has 3 rings (SSSR count). The van der Waals surface area contributed by atoms with Crippen molar-refractivity contribution in [2.45, 2.75) is 46.1 Å². The Labute approximate surface area is 151 Å². The number of nitrogens with zero attached hydrogens (tertiary/aromatic N) is 2. The van der Waals surface area contributed by atoms with Gasteiger partial charge in [0.1, 0.15) is 5.82 Å². The predicted molar refractivity (Wildman–Crippen MR) is 102 cm³/mol. The van der Waals surface area contributed by atoms with Crippen LogP contribution in [-0.2, 0) is 11.3 Å². The van der Waals surface area contributed by atoms with E-state index in [0.29, 0.717) is 24.8 Å². The van der Waals surface area contributed by atoms with Crippen LogP contribution in [0.1, 0.15) is 45.1 Å². The van der Waals surface area contributed by atoms with Crippen molar-refractivity contribution in [2.24, 2.45) is 11.8 Å². The Hall–Kier alpha value is -2.10. The Kier molecular flexibility index (Phi) is 5.90. The van der Waals surface area contributed by atoms with Gasteiger partial charge in [-0.2, -0.15) is 0 Å². The number of aromatic nitrogens is 1. The van der Waals surface area contributed by atoms with Gasteiger partial charge in [-0.15, -0.1) is 0 Å². The highest BCUT2D eigenvalue weighted by atomic mass is 16.2. The van der Waals surface area contributed by atoms with Crippen LogP contribution in [0.25, 0.3) is 0 Å². The lowest BCUT2D eigenvalue weighted by atomic mass is 9.99. The third kappa shape index (κ3) is 4.94. The van der Waals surface area contributed by atoms with Crippen LogP contribution in [0.5, 0.6) is 0 Å². The van der Waals surface area contributed by atoms with Crippen LogP contribution in [-0.4, -0.2) is 28.9 Å². The first-order valence-electron chi connectivity index (χ1n) is 9.48. The van der Waals surface area contributed by atoms with Crippen molar-refractivity contribution in [3.63, 3.8) is 0 Å². The van der Waals surface area contributed by atoms with Gasteiger partial charge in [-0.05, 0) is 41.9 Å². The number of likely N-dealkylation sites (tertiary alicyclic amines) is 1. The molecule has 2 heterocycles. The fraction of sp³-hybridized carbons (Fsp3) is 0.524. The zero-order chi connectivity index (χ0) is 17.6. The van der Waals surface area contributed by atoms with Crippen LogP contribution in [0.15, 0.2) is 42.1 Å². The van der Waals surface area contributed by atoms with Gasteiger partial charge in [0.2, 0.25) is 5.91 Å². The lowest BCUT2D eigenvalue weighted by Gasteiger charge is -2.17. The van der Waals surface area contributed by atoms with Crippen molar-refractivity contribution in [1.82, 2.24) is 9.88 Å². The number of rotatable bonds is 7. The summed E-state index contributed by atoms with van der Waals surface area (Å²) in [7, 11) is 0. The maximum Gasteiger partial charge on any atom is 0.223 e. The molecule has 1 amide bonds. The molecule has 4 heteroatoms. The van der Waals surface area contributed by atoms with Crippen molar-refractivity contribution in [2.75, 3.05) is 18.4 Å². The molecule has 0 radical (unpaired) electrons. The summed E-state index contributed by atoms with van der Waals surface area (Å²) in [6.45, 7) is 6.79. The van der Waals surface area contributed by atoms with E-state index in [1.165, 1.54) is 5.57 Å². The molecule has 1 aliphatic heterocycles. The summed E-state index contributed by atoms with van der Waals surface area (Å²) in [5.74, 6) is 2.34. The minimum Gasteiger partial charge on any atom is -0.366 e. The van der Waals surface area contributed by atoms with E-state index in [0.717, 1.165) is 43.7 Å². The lowest BCUT2D eigenvalue weighted by Crippen LogP contribution is -2.24. The summed E-state index contributed by atoms with van der Waals surface area (Å²) in [5, 5.41) is 3.37. The number of anilines is 1. The summed E-state index contributed by atoms with van der Waals surface area (Å²) < 4.78 is 0. The number of pyridine rings is 1. The topological polar surface area (TPSA) is 45.2 Å². The smallest absolute Gasteiger partial charge is 0.223 e. The Morgan fingerprint density at radius 2 is 2.24 bits per heavy atom. The molecule has 0 saturated carbocycles. The van der Waals surface area contributed by atoms with Gasteiger partial charge in [-0.1, -0.05) is 44.6 Å². The first-order valence-corrected chi connectivity index (χ1v) is 9.48. The summed E-state index contributed by atoms with van der Waals surface area (Å²) in [6.07, 6.45) is 12.7. The summed E-state index contributed by atoms with van der Waals surface area (Å²) in [6, 6.07) is 4.08. The molecule has 25 heavy (non-hydrogen) atoms. The van der Waals surface area contributed by atoms with E-state index in [1.807, 2.05) is 17.2 Å². The fourth-order valence-corrected chi connectivity index (χ4v) is 3.55.